The van der Waals surface area contributed by atoms with E-state index in [1.807, 2.05) is 57.2 Å². The summed E-state index contributed by atoms with van der Waals surface area (Å²) in [6.45, 7) is 6.26. The Balaban J connectivity index is 1.78. The maximum Gasteiger partial charge on any atom is 0.242 e. The van der Waals surface area contributed by atoms with E-state index in [9.17, 15) is 9.59 Å². The molecule has 0 radical (unpaired) electrons. The Kier molecular flexibility index (Phi) is 7.54. The van der Waals surface area contributed by atoms with E-state index < -0.39 is 6.04 Å². The standard InChI is InChI=1S/C25H31ClN2O2/c1-17-12-18(2)14-21(13-17)15-24(29)28(16-20-8-10-22(26)11-9-20)19(3)25(30)27-23-6-4-5-7-23/h8-14,19,23H,4-7,15-16H2,1-3H3,(H,27,30). The van der Waals surface area contributed by atoms with Gasteiger partial charge in [-0.05, 0) is 56.9 Å². The fourth-order valence-corrected chi connectivity index (χ4v) is 4.33. The molecule has 2 aromatic carbocycles. The predicted octanol–water partition coefficient (Wildman–Crippen LogP) is 4.98. The Morgan fingerprint density at radius 1 is 1.03 bits per heavy atom. The van der Waals surface area contributed by atoms with Crippen molar-refractivity contribution >= 4 is 23.4 Å². The van der Waals surface area contributed by atoms with Crippen molar-refractivity contribution in [3.63, 3.8) is 0 Å². The molecule has 2 amide bonds. The lowest BCUT2D eigenvalue weighted by Gasteiger charge is -2.30. The monoisotopic (exact) mass is 426 g/mol. The molecule has 0 spiro atoms. The van der Waals surface area contributed by atoms with Crippen LogP contribution in [-0.2, 0) is 22.6 Å². The molecule has 1 unspecified atom stereocenters. The van der Waals surface area contributed by atoms with E-state index >= 15 is 0 Å². The topological polar surface area (TPSA) is 49.4 Å². The third kappa shape index (κ3) is 6.09. The van der Waals surface area contributed by atoms with E-state index in [4.69, 9.17) is 11.6 Å². The summed E-state index contributed by atoms with van der Waals surface area (Å²) in [7, 11) is 0. The highest BCUT2D eigenvalue weighted by Crippen LogP contribution is 2.20. The molecule has 1 N–H and O–H groups in total. The first kappa shape index (κ1) is 22.4. The quantitative estimate of drug-likeness (QED) is 0.679. The number of hydrogen-bond donors (Lipinski definition) is 1. The number of nitrogens with one attached hydrogen (secondary N) is 1. The minimum absolute atomic E-state index is 0.0518. The number of hydrogen-bond acceptors (Lipinski definition) is 2. The highest BCUT2D eigenvalue weighted by molar-refractivity contribution is 6.30. The number of halogens is 1. The molecule has 2 aromatic rings. The fraction of sp³-hybridized carbons (Fsp3) is 0.440. The van der Waals surface area contributed by atoms with Gasteiger partial charge in [-0.1, -0.05) is 65.9 Å². The number of benzene rings is 2. The highest BCUT2D eigenvalue weighted by Gasteiger charge is 2.28. The zero-order chi connectivity index (χ0) is 21.7. The second-order valence-electron chi connectivity index (χ2n) is 8.49. The largest absolute Gasteiger partial charge is 0.352 e. The second kappa shape index (κ2) is 10.1. The summed E-state index contributed by atoms with van der Waals surface area (Å²) in [6.07, 6.45) is 4.62. The Morgan fingerprint density at radius 3 is 2.23 bits per heavy atom. The average molecular weight is 427 g/mol. The molecule has 5 heteroatoms. The lowest BCUT2D eigenvalue weighted by atomic mass is 10.0. The SMILES string of the molecule is Cc1cc(C)cc(CC(=O)N(Cc2ccc(Cl)cc2)C(C)C(=O)NC2CCCC2)c1. The van der Waals surface area contributed by atoms with Crippen molar-refractivity contribution in [2.45, 2.75) is 71.5 Å². The lowest BCUT2D eigenvalue weighted by molar-refractivity contribution is -0.140. The second-order valence-corrected chi connectivity index (χ2v) is 8.92. The molecule has 1 aliphatic rings. The Hall–Kier alpha value is -2.33. The molecule has 1 atom stereocenters. The van der Waals surface area contributed by atoms with Crippen molar-refractivity contribution in [3.8, 4) is 0 Å². The van der Waals surface area contributed by atoms with Crippen molar-refractivity contribution in [3.05, 3.63) is 69.7 Å². The van der Waals surface area contributed by atoms with Crippen LogP contribution in [0.1, 0.15) is 54.9 Å². The van der Waals surface area contributed by atoms with Crippen molar-refractivity contribution < 1.29 is 9.59 Å². The van der Waals surface area contributed by atoms with Gasteiger partial charge in [-0.2, -0.15) is 0 Å². The molecule has 1 fully saturated rings. The van der Waals surface area contributed by atoms with Gasteiger partial charge in [0, 0.05) is 17.6 Å². The van der Waals surface area contributed by atoms with E-state index in [2.05, 4.69) is 11.4 Å². The van der Waals surface area contributed by atoms with Crippen molar-refractivity contribution in [1.29, 1.82) is 0 Å². The van der Waals surface area contributed by atoms with Gasteiger partial charge in [-0.15, -0.1) is 0 Å². The maximum absolute atomic E-state index is 13.3. The summed E-state index contributed by atoms with van der Waals surface area (Å²) in [5.41, 5.74) is 4.19. The first-order valence-electron chi connectivity index (χ1n) is 10.7. The van der Waals surface area contributed by atoms with Crippen molar-refractivity contribution in [1.82, 2.24) is 10.2 Å². The Morgan fingerprint density at radius 2 is 1.63 bits per heavy atom. The van der Waals surface area contributed by atoms with Crippen LogP contribution in [0.25, 0.3) is 0 Å². The smallest absolute Gasteiger partial charge is 0.242 e. The molecular formula is C25H31ClN2O2. The summed E-state index contributed by atoms with van der Waals surface area (Å²) >= 11 is 6.01. The minimum Gasteiger partial charge on any atom is -0.352 e. The third-order valence-electron chi connectivity index (χ3n) is 5.77. The van der Waals surface area contributed by atoms with Gasteiger partial charge in [0.1, 0.15) is 6.04 Å². The van der Waals surface area contributed by atoms with E-state index in [1.165, 1.54) is 0 Å². The fourth-order valence-electron chi connectivity index (χ4n) is 4.21. The van der Waals surface area contributed by atoms with Gasteiger partial charge >= 0.3 is 0 Å². The molecule has 3 rings (SSSR count). The van der Waals surface area contributed by atoms with Crippen LogP contribution in [0, 0.1) is 13.8 Å². The molecule has 0 aliphatic heterocycles. The first-order chi connectivity index (χ1) is 14.3. The normalized spacial score (nSPS) is 15.1. The average Bonchev–Trinajstić information content (AvgIpc) is 3.19. The Bertz CT molecular complexity index is 868. The number of carbonyl (C=O) groups is 2. The van der Waals surface area contributed by atoms with Gasteiger partial charge in [0.15, 0.2) is 0 Å². The molecule has 4 nitrogen and oxygen atoms in total. The predicted molar refractivity (Wildman–Crippen MR) is 121 cm³/mol. The van der Waals surface area contributed by atoms with E-state index in [0.717, 1.165) is 47.9 Å². The van der Waals surface area contributed by atoms with Crippen LogP contribution in [0.5, 0.6) is 0 Å². The van der Waals surface area contributed by atoms with Gasteiger partial charge in [0.05, 0.1) is 6.42 Å². The summed E-state index contributed by atoms with van der Waals surface area (Å²) < 4.78 is 0. The molecular weight excluding hydrogens is 396 g/mol. The molecule has 1 aliphatic carbocycles. The first-order valence-corrected chi connectivity index (χ1v) is 11.1. The maximum atomic E-state index is 13.3. The lowest BCUT2D eigenvalue weighted by Crippen LogP contribution is -2.50. The van der Waals surface area contributed by atoms with Crippen LogP contribution in [0.2, 0.25) is 5.02 Å². The minimum atomic E-state index is -0.542. The molecule has 0 saturated heterocycles. The number of amides is 2. The van der Waals surface area contributed by atoms with Crippen molar-refractivity contribution in [2.24, 2.45) is 0 Å². The van der Waals surface area contributed by atoms with Gasteiger partial charge in [-0.3, -0.25) is 9.59 Å². The Labute approximate surface area is 184 Å². The summed E-state index contributed by atoms with van der Waals surface area (Å²) in [4.78, 5) is 27.9. The van der Waals surface area contributed by atoms with E-state index in [-0.39, 0.29) is 24.3 Å². The van der Waals surface area contributed by atoms with Crippen LogP contribution < -0.4 is 5.32 Å². The van der Waals surface area contributed by atoms with Crippen LogP contribution in [-0.4, -0.2) is 28.8 Å². The van der Waals surface area contributed by atoms with Gasteiger partial charge in [0.25, 0.3) is 0 Å². The molecule has 1 saturated carbocycles. The van der Waals surface area contributed by atoms with Crippen molar-refractivity contribution in [2.75, 3.05) is 0 Å². The molecule has 30 heavy (non-hydrogen) atoms. The summed E-state index contributed by atoms with van der Waals surface area (Å²) in [6, 6.07) is 13.3. The molecule has 0 bridgehead atoms. The van der Waals surface area contributed by atoms with Gasteiger partial charge in [-0.25, -0.2) is 0 Å². The van der Waals surface area contributed by atoms with Crippen LogP contribution >= 0.6 is 11.6 Å². The van der Waals surface area contributed by atoms with Crippen LogP contribution in [0.3, 0.4) is 0 Å². The molecule has 160 valence electrons. The number of aryl methyl sites for hydroxylation is 2. The highest BCUT2D eigenvalue weighted by atomic mass is 35.5. The number of carbonyl (C=O) groups excluding carboxylic acids is 2. The van der Waals surface area contributed by atoms with Gasteiger partial charge < -0.3 is 10.2 Å². The van der Waals surface area contributed by atoms with Gasteiger partial charge in [0.2, 0.25) is 11.8 Å². The zero-order valence-corrected chi connectivity index (χ0v) is 18.8. The summed E-state index contributed by atoms with van der Waals surface area (Å²) in [5.74, 6) is -0.131. The van der Waals surface area contributed by atoms with Crippen LogP contribution in [0.15, 0.2) is 42.5 Å². The molecule has 0 heterocycles. The molecule has 0 aromatic heterocycles. The number of rotatable bonds is 7. The van der Waals surface area contributed by atoms with E-state index in [1.54, 1.807) is 4.90 Å². The van der Waals surface area contributed by atoms with Crippen LogP contribution in [0.4, 0.5) is 0 Å². The number of nitrogens with zero attached hydrogens (tertiary/aromatic N) is 1. The summed E-state index contributed by atoms with van der Waals surface area (Å²) in [5, 5.41) is 3.79. The third-order valence-corrected chi connectivity index (χ3v) is 6.02. The van der Waals surface area contributed by atoms with E-state index in [0.29, 0.717) is 11.6 Å². The zero-order valence-electron chi connectivity index (χ0n) is 18.1.